The van der Waals surface area contributed by atoms with Crippen LogP contribution in [0.1, 0.15) is 65.7 Å². The third-order valence-electron chi connectivity index (χ3n) is 10.9. The van der Waals surface area contributed by atoms with E-state index >= 15 is 0 Å². The van der Waals surface area contributed by atoms with Crippen LogP contribution in [0.3, 0.4) is 0 Å². The first-order chi connectivity index (χ1) is 16.5. The Kier molecular flexibility index (Phi) is 6.74. The van der Waals surface area contributed by atoms with Crippen LogP contribution >= 0.6 is 0 Å². The number of aliphatic hydroxyl groups is 5. The smallest absolute Gasteiger partial charge is 0.186 e. The van der Waals surface area contributed by atoms with Crippen molar-refractivity contribution in [2.45, 2.75) is 109 Å². The van der Waals surface area contributed by atoms with Crippen LogP contribution in [-0.4, -0.2) is 80.8 Å². The summed E-state index contributed by atoms with van der Waals surface area (Å²) in [5, 5.41) is 51.5. The Morgan fingerprint density at radius 1 is 1.06 bits per heavy atom. The van der Waals surface area contributed by atoms with Crippen LogP contribution in [0, 0.1) is 34.5 Å². The first kappa shape index (κ1) is 25.8. The molecule has 5 rings (SSSR count). The second kappa shape index (κ2) is 9.15. The van der Waals surface area contributed by atoms with Gasteiger partial charge in [-0.3, -0.25) is 4.79 Å². The fourth-order valence-electron chi connectivity index (χ4n) is 8.87. The van der Waals surface area contributed by atoms with Gasteiger partial charge in [0.05, 0.1) is 18.8 Å². The Balaban J connectivity index is 1.30. The molecule has 13 atom stereocenters. The van der Waals surface area contributed by atoms with Crippen LogP contribution < -0.4 is 0 Å². The minimum atomic E-state index is -1.48. The molecule has 8 nitrogen and oxygen atoms in total. The van der Waals surface area contributed by atoms with E-state index < -0.39 is 43.4 Å². The summed E-state index contributed by atoms with van der Waals surface area (Å²) in [7, 11) is 0. The zero-order valence-electron chi connectivity index (χ0n) is 21.0. The maximum atomic E-state index is 12.3. The molecule has 5 N–H and O–H groups in total. The zero-order valence-corrected chi connectivity index (χ0v) is 21.0. The van der Waals surface area contributed by atoms with Gasteiger partial charge in [-0.15, -0.1) is 0 Å². The van der Waals surface area contributed by atoms with Gasteiger partial charge in [-0.2, -0.15) is 0 Å². The summed E-state index contributed by atoms with van der Waals surface area (Å²) < 4.78 is 11.6. The number of Topliss-reactive ketones (excluding diaryl/α,β-unsaturated/α-hetero) is 1. The highest BCUT2D eigenvalue weighted by Gasteiger charge is 2.62. The Bertz CT molecular complexity index is 858. The first-order valence-electron chi connectivity index (χ1n) is 13.4. The lowest BCUT2D eigenvalue weighted by molar-refractivity contribution is -0.320. The lowest BCUT2D eigenvalue weighted by Gasteiger charge is -2.62. The quantitative estimate of drug-likeness (QED) is 0.369. The van der Waals surface area contributed by atoms with E-state index in [2.05, 4.69) is 19.9 Å². The number of carbonyl (C=O) groups excluding carboxylic acids is 1. The normalized spacial score (nSPS) is 53.8. The topological polar surface area (TPSA) is 137 Å². The fraction of sp³-hybridized carbons (Fsp3) is 0.889. The molecule has 3 saturated carbocycles. The molecule has 0 spiro atoms. The molecule has 1 aliphatic heterocycles. The molecular weight excluding hydrogens is 452 g/mol. The SMILES string of the molecule is CC(=O)C1=CCC2C3CCC4CC(OC5OC(CO)C(O)C(O)C5O)CC(O)C4(C)C3CCC12C. The summed E-state index contributed by atoms with van der Waals surface area (Å²) >= 11 is 0. The molecular formula is C27H42O8. The number of ether oxygens (including phenoxy) is 2. The predicted octanol–water partition coefficient (Wildman–Crippen LogP) is 1.31. The van der Waals surface area contributed by atoms with Crippen LogP contribution in [0.2, 0.25) is 0 Å². The molecule has 13 unspecified atom stereocenters. The summed E-state index contributed by atoms with van der Waals surface area (Å²) in [4.78, 5) is 12.3. The molecule has 4 aliphatic carbocycles. The molecule has 1 heterocycles. The molecule has 198 valence electrons. The van der Waals surface area contributed by atoms with E-state index in [1.807, 2.05) is 0 Å². The fourth-order valence-corrected chi connectivity index (χ4v) is 8.87. The van der Waals surface area contributed by atoms with E-state index in [1.54, 1.807) is 6.92 Å². The van der Waals surface area contributed by atoms with Crippen molar-refractivity contribution in [2.24, 2.45) is 34.5 Å². The van der Waals surface area contributed by atoms with Gasteiger partial charge >= 0.3 is 0 Å². The number of allylic oxidation sites excluding steroid dienone is 2. The highest BCUT2D eigenvalue weighted by atomic mass is 16.7. The predicted molar refractivity (Wildman–Crippen MR) is 126 cm³/mol. The van der Waals surface area contributed by atoms with Crippen molar-refractivity contribution < 1.29 is 39.8 Å². The minimum absolute atomic E-state index is 0.0510. The molecule has 8 heteroatoms. The zero-order chi connectivity index (χ0) is 25.3. The van der Waals surface area contributed by atoms with Gasteiger partial charge in [0.25, 0.3) is 0 Å². The van der Waals surface area contributed by atoms with Crippen molar-refractivity contribution in [1.82, 2.24) is 0 Å². The van der Waals surface area contributed by atoms with Crippen LogP contribution in [0.25, 0.3) is 0 Å². The number of hydrogen-bond donors (Lipinski definition) is 5. The van der Waals surface area contributed by atoms with Gasteiger partial charge in [-0.05, 0) is 85.5 Å². The van der Waals surface area contributed by atoms with E-state index in [1.165, 1.54) is 0 Å². The van der Waals surface area contributed by atoms with Crippen molar-refractivity contribution >= 4 is 5.78 Å². The summed E-state index contributed by atoms with van der Waals surface area (Å²) in [6, 6.07) is 0. The summed E-state index contributed by atoms with van der Waals surface area (Å²) in [6.07, 6.45) is 0.846. The average Bonchev–Trinajstić information content (AvgIpc) is 3.18. The van der Waals surface area contributed by atoms with Crippen LogP contribution in [0.4, 0.5) is 0 Å². The number of ketones is 1. The molecule has 0 bridgehead atoms. The number of rotatable bonds is 4. The number of fused-ring (bicyclic) bond motifs is 5. The molecule has 4 fully saturated rings. The largest absolute Gasteiger partial charge is 0.394 e. The molecule has 0 radical (unpaired) electrons. The first-order valence-corrected chi connectivity index (χ1v) is 13.4. The molecule has 35 heavy (non-hydrogen) atoms. The number of aliphatic hydroxyl groups excluding tert-OH is 5. The highest BCUT2D eigenvalue weighted by molar-refractivity contribution is 5.95. The average molecular weight is 495 g/mol. The molecule has 1 saturated heterocycles. The standard InChI is InChI=1S/C27H42O8/c1-13(29)17-6-7-18-16-5-4-14-10-15(34-25-24(33)23(32)22(31)20(12-28)35-25)11-21(30)27(14,3)19(16)8-9-26(17,18)2/h6,14-16,18-25,28,30-33H,4-5,7-12H2,1-3H3. The molecule has 0 amide bonds. The van der Waals surface area contributed by atoms with Crippen LogP contribution in [-0.2, 0) is 14.3 Å². The van der Waals surface area contributed by atoms with Crippen LogP contribution in [0.15, 0.2) is 11.6 Å². The monoisotopic (exact) mass is 494 g/mol. The van der Waals surface area contributed by atoms with Gasteiger partial charge in [0.2, 0.25) is 0 Å². The van der Waals surface area contributed by atoms with E-state index in [9.17, 15) is 30.3 Å². The van der Waals surface area contributed by atoms with Gasteiger partial charge in [0.15, 0.2) is 12.1 Å². The van der Waals surface area contributed by atoms with Crippen molar-refractivity contribution in [1.29, 1.82) is 0 Å². The van der Waals surface area contributed by atoms with Gasteiger partial charge in [0, 0.05) is 6.42 Å². The molecule has 5 aliphatic rings. The van der Waals surface area contributed by atoms with E-state index in [0.717, 1.165) is 44.1 Å². The van der Waals surface area contributed by atoms with Crippen molar-refractivity contribution in [3.05, 3.63) is 11.6 Å². The summed E-state index contributed by atoms with van der Waals surface area (Å²) in [6.45, 7) is 5.69. The third kappa shape index (κ3) is 3.87. The van der Waals surface area contributed by atoms with Crippen molar-refractivity contribution in [2.75, 3.05) is 6.61 Å². The lowest BCUT2D eigenvalue weighted by Crippen LogP contribution is -2.62. The van der Waals surface area contributed by atoms with Crippen molar-refractivity contribution in [3.8, 4) is 0 Å². The van der Waals surface area contributed by atoms with E-state index in [4.69, 9.17) is 9.47 Å². The van der Waals surface area contributed by atoms with E-state index in [-0.39, 0.29) is 28.6 Å². The third-order valence-corrected chi connectivity index (χ3v) is 10.9. The Morgan fingerprint density at radius 3 is 2.49 bits per heavy atom. The van der Waals surface area contributed by atoms with Crippen LogP contribution in [0.5, 0.6) is 0 Å². The van der Waals surface area contributed by atoms with Crippen molar-refractivity contribution in [3.63, 3.8) is 0 Å². The second-order valence-corrected chi connectivity index (χ2v) is 12.3. The summed E-state index contributed by atoms with van der Waals surface area (Å²) in [5.41, 5.74) is 0.716. The molecule has 0 aromatic rings. The Hall–Kier alpha value is -0.870. The highest BCUT2D eigenvalue weighted by Crippen LogP contribution is 2.66. The minimum Gasteiger partial charge on any atom is -0.394 e. The van der Waals surface area contributed by atoms with E-state index in [0.29, 0.717) is 24.2 Å². The number of hydrogen-bond acceptors (Lipinski definition) is 8. The maximum Gasteiger partial charge on any atom is 0.186 e. The Morgan fingerprint density at radius 2 is 1.80 bits per heavy atom. The second-order valence-electron chi connectivity index (χ2n) is 12.3. The lowest BCUT2D eigenvalue weighted by atomic mass is 9.44. The molecule has 0 aromatic carbocycles. The summed E-state index contributed by atoms with van der Waals surface area (Å²) in [5.74, 6) is 1.78. The maximum absolute atomic E-state index is 12.3. The molecule has 0 aromatic heterocycles. The van der Waals surface area contributed by atoms with Gasteiger partial charge in [0.1, 0.15) is 24.4 Å². The van der Waals surface area contributed by atoms with Gasteiger partial charge in [-0.1, -0.05) is 19.9 Å². The number of carbonyl (C=O) groups is 1. The van der Waals surface area contributed by atoms with Gasteiger partial charge in [-0.25, -0.2) is 0 Å². The Labute approximate surface area is 207 Å². The van der Waals surface area contributed by atoms with Gasteiger partial charge < -0.3 is 35.0 Å².